The van der Waals surface area contributed by atoms with Crippen LogP contribution in [0.5, 0.6) is 0 Å². The van der Waals surface area contributed by atoms with Crippen molar-refractivity contribution in [3.63, 3.8) is 0 Å². The maximum absolute atomic E-state index is 11.8. The van der Waals surface area contributed by atoms with Gasteiger partial charge in [-0.25, -0.2) is 0 Å². The zero-order valence-electron chi connectivity index (χ0n) is 9.67. The van der Waals surface area contributed by atoms with E-state index < -0.39 is 0 Å². The Bertz CT molecular complexity index is 374. The van der Waals surface area contributed by atoms with Gasteiger partial charge in [-0.2, -0.15) is 0 Å². The summed E-state index contributed by atoms with van der Waals surface area (Å²) in [6.07, 6.45) is 4.22. The zero-order valence-corrected chi connectivity index (χ0v) is 12.1. The first-order valence-electron chi connectivity index (χ1n) is 6.00. The first-order chi connectivity index (χ1) is 8.25. The molecular weight excluding hydrogens is 300 g/mol. The average Bonchev–Trinajstić information content (AvgIpc) is 2.76. The number of hydrogen-bond acceptors (Lipinski definition) is 3. The highest BCUT2D eigenvalue weighted by Crippen LogP contribution is 2.19. The molecule has 1 fully saturated rings. The Morgan fingerprint density at radius 3 is 3.12 bits per heavy atom. The molecule has 0 spiro atoms. The lowest BCUT2D eigenvalue weighted by Crippen LogP contribution is -2.47. The van der Waals surface area contributed by atoms with Crippen LogP contribution in [-0.2, 0) is 11.2 Å². The van der Waals surface area contributed by atoms with Crippen molar-refractivity contribution in [3.05, 3.63) is 20.8 Å². The number of nitrogens with one attached hydrogen (secondary N) is 2. The number of carbonyl (C=O) groups is 1. The van der Waals surface area contributed by atoms with Gasteiger partial charge in [-0.1, -0.05) is 6.42 Å². The first kappa shape index (κ1) is 13.1. The van der Waals surface area contributed by atoms with Gasteiger partial charge in [0.05, 0.1) is 6.04 Å². The summed E-state index contributed by atoms with van der Waals surface area (Å²) in [5.74, 6) is 0.153. The largest absolute Gasteiger partial charge is 0.354 e. The van der Waals surface area contributed by atoms with Crippen LogP contribution in [0.2, 0.25) is 0 Å². The molecule has 0 aromatic carbocycles. The Morgan fingerprint density at radius 1 is 1.59 bits per heavy atom. The summed E-state index contributed by atoms with van der Waals surface area (Å²) in [6, 6.07) is 2.13. The molecule has 0 bridgehead atoms. The van der Waals surface area contributed by atoms with Crippen molar-refractivity contribution < 1.29 is 4.79 Å². The molecule has 1 unspecified atom stereocenters. The maximum atomic E-state index is 11.8. The first-order valence-corrected chi connectivity index (χ1v) is 7.67. The minimum Gasteiger partial charge on any atom is -0.354 e. The van der Waals surface area contributed by atoms with Gasteiger partial charge < -0.3 is 10.6 Å². The molecule has 2 rings (SSSR count). The summed E-state index contributed by atoms with van der Waals surface area (Å²) in [4.78, 5) is 13.1. The fourth-order valence-corrected chi connectivity index (χ4v) is 3.45. The monoisotopic (exact) mass is 316 g/mol. The van der Waals surface area contributed by atoms with E-state index in [1.54, 1.807) is 11.3 Å². The van der Waals surface area contributed by atoms with Crippen LogP contribution in [0.25, 0.3) is 0 Å². The fourth-order valence-electron chi connectivity index (χ4n) is 1.99. The van der Waals surface area contributed by atoms with E-state index in [1.165, 1.54) is 11.3 Å². The molecular formula is C12H17BrN2OS. The molecule has 1 amide bonds. The summed E-state index contributed by atoms with van der Waals surface area (Å²) in [6.45, 7) is 1.69. The molecule has 3 nitrogen and oxygen atoms in total. The number of rotatable bonds is 4. The molecule has 1 aliphatic rings. The Morgan fingerprint density at radius 2 is 2.47 bits per heavy atom. The van der Waals surface area contributed by atoms with Crippen molar-refractivity contribution >= 4 is 33.2 Å². The van der Waals surface area contributed by atoms with Crippen molar-refractivity contribution in [1.82, 2.24) is 10.6 Å². The van der Waals surface area contributed by atoms with Crippen LogP contribution in [0.3, 0.4) is 0 Å². The third-order valence-electron chi connectivity index (χ3n) is 2.92. The lowest BCUT2D eigenvalue weighted by molar-refractivity contribution is -0.123. The van der Waals surface area contributed by atoms with E-state index in [2.05, 4.69) is 38.0 Å². The van der Waals surface area contributed by atoms with Crippen LogP contribution in [0.1, 0.15) is 24.1 Å². The summed E-state index contributed by atoms with van der Waals surface area (Å²) < 4.78 is 1.12. The number of piperidine rings is 1. The third kappa shape index (κ3) is 4.08. The second-order valence-electron chi connectivity index (χ2n) is 4.27. The molecule has 1 aliphatic heterocycles. The van der Waals surface area contributed by atoms with Crippen molar-refractivity contribution in [1.29, 1.82) is 0 Å². The van der Waals surface area contributed by atoms with E-state index in [-0.39, 0.29) is 11.9 Å². The lowest BCUT2D eigenvalue weighted by Gasteiger charge is -2.22. The highest BCUT2D eigenvalue weighted by molar-refractivity contribution is 9.10. The zero-order chi connectivity index (χ0) is 12.1. The number of thiophene rings is 1. The summed E-state index contributed by atoms with van der Waals surface area (Å²) in [5.41, 5.74) is 0. The predicted octanol–water partition coefficient (Wildman–Crippen LogP) is 2.31. The second-order valence-corrected chi connectivity index (χ2v) is 6.19. The molecule has 1 aromatic heterocycles. The molecule has 17 heavy (non-hydrogen) atoms. The van der Waals surface area contributed by atoms with Gasteiger partial charge >= 0.3 is 0 Å². The van der Waals surface area contributed by atoms with Crippen LogP contribution in [0.4, 0.5) is 0 Å². The SMILES string of the molecule is O=C(NCCc1cc(Br)cs1)C1CCCCN1. The van der Waals surface area contributed by atoms with Gasteiger partial charge in [-0.15, -0.1) is 11.3 Å². The summed E-state index contributed by atoms with van der Waals surface area (Å²) in [5, 5.41) is 8.32. The minimum absolute atomic E-state index is 0.0267. The van der Waals surface area contributed by atoms with Crippen molar-refractivity contribution in [2.75, 3.05) is 13.1 Å². The van der Waals surface area contributed by atoms with Crippen molar-refractivity contribution in [2.45, 2.75) is 31.7 Å². The number of hydrogen-bond donors (Lipinski definition) is 2. The van der Waals surface area contributed by atoms with Crippen LogP contribution in [-0.4, -0.2) is 25.0 Å². The van der Waals surface area contributed by atoms with E-state index in [1.807, 2.05) is 0 Å². The van der Waals surface area contributed by atoms with E-state index in [9.17, 15) is 4.79 Å². The van der Waals surface area contributed by atoms with Gasteiger partial charge in [0.2, 0.25) is 5.91 Å². The van der Waals surface area contributed by atoms with Crippen molar-refractivity contribution in [2.24, 2.45) is 0 Å². The van der Waals surface area contributed by atoms with Crippen LogP contribution in [0.15, 0.2) is 15.9 Å². The fraction of sp³-hybridized carbons (Fsp3) is 0.583. The van der Waals surface area contributed by atoms with Gasteiger partial charge in [0, 0.05) is 21.3 Å². The van der Waals surface area contributed by atoms with E-state index in [4.69, 9.17) is 0 Å². The van der Waals surface area contributed by atoms with Crippen LogP contribution >= 0.6 is 27.3 Å². The van der Waals surface area contributed by atoms with Gasteiger partial charge in [-0.05, 0) is 47.8 Å². The Balaban J connectivity index is 1.69. The Kier molecular flexibility index (Phi) is 5.00. The second kappa shape index (κ2) is 6.52. The molecule has 2 heterocycles. The van der Waals surface area contributed by atoms with Gasteiger partial charge in [0.1, 0.15) is 0 Å². The average molecular weight is 317 g/mol. The normalized spacial score (nSPS) is 20.2. The molecule has 1 saturated heterocycles. The third-order valence-corrected chi connectivity index (χ3v) is 4.68. The maximum Gasteiger partial charge on any atom is 0.237 e. The smallest absolute Gasteiger partial charge is 0.237 e. The predicted molar refractivity (Wildman–Crippen MR) is 74.4 cm³/mol. The molecule has 1 atom stereocenters. The highest BCUT2D eigenvalue weighted by Gasteiger charge is 2.19. The molecule has 94 valence electrons. The van der Waals surface area contributed by atoms with Crippen molar-refractivity contribution in [3.8, 4) is 0 Å². The van der Waals surface area contributed by atoms with E-state index in [0.717, 1.165) is 36.8 Å². The topological polar surface area (TPSA) is 41.1 Å². The molecule has 1 aromatic rings. The summed E-state index contributed by atoms with van der Waals surface area (Å²) >= 11 is 5.15. The number of halogens is 1. The lowest BCUT2D eigenvalue weighted by atomic mass is 10.0. The number of amides is 1. The molecule has 2 N–H and O–H groups in total. The number of carbonyl (C=O) groups excluding carboxylic acids is 1. The standard InChI is InChI=1S/C12H17BrN2OS/c13-9-7-10(17-8-9)4-6-15-12(16)11-3-1-2-5-14-11/h7-8,11,14H,1-6H2,(H,15,16). The Hall–Kier alpha value is -0.390. The molecule has 0 saturated carbocycles. The molecule has 0 radical (unpaired) electrons. The van der Waals surface area contributed by atoms with Crippen LogP contribution in [0, 0.1) is 0 Å². The van der Waals surface area contributed by atoms with E-state index >= 15 is 0 Å². The van der Waals surface area contributed by atoms with Gasteiger partial charge in [0.25, 0.3) is 0 Å². The summed E-state index contributed by atoms with van der Waals surface area (Å²) in [7, 11) is 0. The Labute approximate surface area is 114 Å². The highest BCUT2D eigenvalue weighted by atomic mass is 79.9. The van der Waals surface area contributed by atoms with Gasteiger partial charge in [-0.3, -0.25) is 4.79 Å². The van der Waals surface area contributed by atoms with Crippen LogP contribution < -0.4 is 10.6 Å². The van der Waals surface area contributed by atoms with E-state index in [0.29, 0.717) is 0 Å². The quantitative estimate of drug-likeness (QED) is 0.895. The molecule has 0 aliphatic carbocycles. The minimum atomic E-state index is 0.0267. The van der Waals surface area contributed by atoms with Gasteiger partial charge in [0.15, 0.2) is 0 Å². The molecule has 5 heteroatoms.